The van der Waals surface area contributed by atoms with Crippen LogP contribution in [0, 0.1) is 0 Å². The van der Waals surface area contributed by atoms with Crippen LogP contribution in [0.15, 0.2) is 34.5 Å². The van der Waals surface area contributed by atoms with Crippen molar-refractivity contribution in [1.29, 1.82) is 0 Å². The molecule has 1 N–H and O–H groups in total. The van der Waals surface area contributed by atoms with E-state index in [9.17, 15) is 13.2 Å². The average molecular weight is 488 g/mol. The number of piperazine rings is 1. The number of amides is 1. The topological polar surface area (TPSA) is 88.2 Å². The third-order valence-corrected chi connectivity index (χ3v) is 8.85. The largest absolute Gasteiger partial charge is 0.493 e. The van der Waals surface area contributed by atoms with Crippen molar-refractivity contribution in [3.63, 3.8) is 0 Å². The molecule has 31 heavy (non-hydrogen) atoms. The van der Waals surface area contributed by atoms with Gasteiger partial charge in [0, 0.05) is 32.7 Å². The number of methoxy groups -OCH3 is 2. The monoisotopic (exact) mass is 487 g/mol. The van der Waals surface area contributed by atoms with Gasteiger partial charge in [0.05, 0.1) is 24.6 Å². The van der Waals surface area contributed by atoms with E-state index in [0.29, 0.717) is 48.6 Å². The molecular weight excluding hydrogens is 462 g/mol. The van der Waals surface area contributed by atoms with Crippen molar-refractivity contribution in [3.8, 4) is 11.5 Å². The number of rotatable bonds is 8. The highest BCUT2D eigenvalue weighted by Gasteiger charge is 2.32. The van der Waals surface area contributed by atoms with Crippen LogP contribution in [0.2, 0.25) is 4.34 Å². The van der Waals surface area contributed by atoms with Gasteiger partial charge in [-0.2, -0.15) is 4.31 Å². The number of hydrogen-bond donors (Lipinski definition) is 1. The fourth-order valence-corrected chi connectivity index (χ4v) is 6.45. The number of carbonyl (C=O) groups is 1. The van der Waals surface area contributed by atoms with Crippen LogP contribution >= 0.6 is 22.9 Å². The van der Waals surface area contributed by atoms with Crippen LogP contribution in [0.1, 0.15) is 12.5 Å². The van der Waals surface area contributed by atoms with Crippen LogP contribution in [0.25, 0.3) is 0 Å². The Kier molecular flexibility index (Phi) is 7.82. The minimum atomic E-state index is -3.55. The summed E-state index contributed by atoms with van der Waals surface area (Å²) in [5.41, 5.74) is 0.892. The van der Waals surface area contributed by atoms with Crippen molar-refractivity contribution >= 4 is 38.9 Å². The van der Waals surface area contributed by atoms with Crippen molar-refractivity contribution in [2.75, 3.05) is 40.4 Å². The smallest absolute Gasteiger partial charge is 0.252 e. The third kappa shape index (κ3) is 5.50. The van der Waals surface area contributed by atoms with Gasteiger partial charge in [0.15, 0.2) is 11.5 Å². The lowest BCUT2D eigenvalue weighted by Crippen LogP contribution is -2.54. The molecule has 0 unspecified atom stereocenters. The first kappa shape index (κ1) is 23.8. The molecule has 1 amide bonds. The second-order valence-electron chi connectivity index (χ2n) is 7.08. The number of nitrogens with zero attached hydrogens (tertiary/aromatic N) is 2. The molecule has 1 saturated heterocycles. The molecule has 0 spiro atoms. The zero-order valence-corrected chi connectivity index (χ0v) is 20.0. The van der Waals surface area contributed by atoms with E-state index in [1.165, 1.54) is 10.4 Å². The summed E-state index contributed by atoms with van der Waals surface area (Å²) in [5, 5.41) is 2.93. The van der Waals surface area contributed by atoms with Crippen LogP contribution < -0.4 is 14.8 Å². The molecule has 0 aliphatic carbocycles. The summed E-state index contributed by atoms with van der Waals surface area (Å²) < 4.78 is 38.1. The van der Waals surface area contributed by atoms with Crippen LogP contribution in [0.4, 0.5) is 0 Å². The van der Waals surface area contributed by atoms with Gasteiger partial charge in [0.1, 0.15) is 4.21 Å². The maximum absolute atomic E-state index is 12.7. The Morgan fingerprint density at radius 3 is 2.39 bits per heavy atom. The van der Waals surface area contributed by atoms with E-state index in [4.69, 9.17) is 21.1 Å². The molecule has 170 valence electrons. The summed E-state index contributed by atoms with van der Waals surface area (Å²) in [6.07, 6.45) is 0. The Bertz CT molecular complexity index is 1020. The number of sulfonamides is 1. The van der Waals surface area contributed by atoms with Crippen LogP contribution in [0.3, 0.4) is 0 Å². The van der Waals surface area contributed by atoms with Crippen LogP contribution in [-0.4, -0.2) is 70.0 Å². The number of hydrogen-bond acceptors (Lipinski definition) is 7. The Morgan fingerprint density at radius 2 is 1.81 bits per heavy atom. The number of thiophene rings is 1. The van der Waals surface area contributed by atoms with Crippen molar-refractivity contribution in [2.24, 2.45) is 0 Å². The summed E-state index contributed by atoms with van der Waals surface area (Å²) in [4.78, 5) is 14.6. The van der Waals surface area contributed by atoms with Gasteiger partial charge in [0.25, 0.3) is 10.0 Å². The standard InChI is InChI=1S/C20H26ClN3O5S2/c1-14(20(25)22-13-15-4-5-16(28-2)17(12-15)29-3)23-8-10-24(11-9-23)31(26,27)19-7-6-18(21)30-19/h4-7,12,14H,8-11,13H2,1-3H3,(H,22,25)/t14-/m1/s1. The second kappa shape index (κ2) is 10.2. The van der Waals surface area contributed by atoms with Gasteiger partial charge in [-0.3, -0.25) is 9.69 Å². The van der Waals surface area contributed by atoms with Gasteiger partial charge in [-0.1, -0.05) is 17.7 Å². The Balaban J connectivity index is 1.53. The molecule has 1 aromatic carbocycles. The minimum Gasteiger partial charge on any atom is -0.493 e. The zero-order chi connectivity index (χ0) is 22.6. The molecule has 0 saturated carbocycles. The van der Waals surface area contributed by atoms with E-state index in [1.807, 2.05) is 24.0 Å². The molecule has 0 bridgehead atoms. The SMILES string of the molecule is COc1ccc(CNC(=O)[C@@H](C)N2CCN(S(=O)(=O)c3ccc(Cl)s3)CC2)cc1OC. The van der Waals surface area contributed by atoms with Crippen LogP contribution in [-0.2, 0) is 21.4 Å². The van der Waals surface area contributed by atoms with E-state index in [1.54, 1.807) is 26.4 Å². The Morgan fingerprint density at radius 1 is 1.13 bits per heavy atom. The first-order chi connectivity index (χ1) is 14.8. The van der Waals surface area contributed by atoms with Crippen molar-refractivity contribution in [1.82, 2.24) is 14.5 Å². The lowest BCUT2D eigenvalue weighted by atomic mass is 10.2. The zero-order valence-electron chi connectivity index (χ0n) is 17.6. The molecule has 1 atom stereocenters. The molecule has 1 aromatic heterocycles. The van der Waals surface area contributed by atoms with Gasteiger partial charge in [-0.05, 0) is 36.8 Å². The summed E-state index contributed by atoms with van der Waals surface area (Å²) in [7, 11) is -0.416. The van der Waals surface area contributed by atoms with Gasteiger partial charge in [-0.25, -0.2) is 8.42 Å². The summed E-state index contributed by atoms with van der Waals surface area (Å²) in [6, 6.07) is 8.22. The first-order valence-corrected chi connectivity index (χ1v) is 12.4. The van der Waals surface area contributed by atoms with E-state index < -0.39 is 10.0 Å². The lowest BCUT2D eigenvalue weighted by Gasteiger charge is -2.36. The molecule has 3 rings (SSSR count). The molecule has 1 aliphatic heterocycles. The van der Waals surface area contributed by atoms with Gasteiger partial charge in [-0.15, -0.1) is 11.3 Å². The van der Waals surface area contributed by atoms with E-state index >= 15 is 0 Å². The highest BCUT2D eigenvalue weighted by molar-refractivity contribution is 7.91. The van der Waals surface area contributed by atoms with E-state index in [2.05, 4.69) is 5.32 Å². The normalized spacial score (nSPS) is 16.6. The lowest BCUT2D eigenvalue weighted by molar-refractivity contribution is -0.126. The quantitative estimate of drug-likeness (QED) is 0.615. The second-order valence-corrected chi connectivity index (χ2v) is 11.0. The highest BCUT2D eigenvalue weighted by atomic mass is 35.5. The number of halogens is 1. The first-order valence-electron chi connectivity index (χ1n) is 9.74. The molecular formula is C20H26ClN3O5S2. The number of ether oxygens (including phenoxy) is 2. The number of carbonyl (C=O) groups excluding carboxylic acids is 1. The molecule has 1 fully saturated rings. The summed E-state index contributed by atoms with van der Waals surface area (Å²) in [6.45, 7) is 3.78. The Hall–Kier alpha value is -1.85. The van der Waals surface area contributed by atoms with Gasteiger partial charge < -0.3 is 14.8 Å². The van der Waals surface area contributed by atoms with Crippen molar-refractivity contribution in [2.45, 2.75) is 23.7 Å². The fraction of sp³-hybridized carbons (Fsp3) is 0.450. The predicted molar refractivity (Wildman–Crippen MR) is 121 cm³/mol. The fourth-order valence-electron chi connectivity index (χ4n) is 3.39. The highest BCUT2D eigenvalue weighted by Crippen LogP contribution is 2.29. The van der Waals surface area contributed by atoms with Crippen LogP contribution in [0.5, 0.6) is 11.5 Å². The number of benzene rings is 1. The maximum Gasteiger partial charge on any atom is 0.252 e. The van der Waals surface area contributed by atoms with Gasteiger partial charge in [0.2, 0.25) is 5.91 Å². The summed E-state index contributed by atoms with van der Waals surface area (Å²) in [5.74, 6) is 1.12. The molecule has 8 nitrogen and oxygen atoms in total. The Labute approximate surface area is 191 Å². The maximum atomic E-state index is 12.7. The molecule has 0 radical (unpaired) electrons. The predicted octanol–water partition coefficient (Wildman–Crippen LogP) is 2.43. The molecule has 2 aromatic rings. The van der Waals surface area contributed by atoms with Crippen molar-refractivity contribution < 1.29 is 22.7 Å². The number of nitrogens with one attached hydrogen (secondary N) is 1. The third-order valence-electron chi connectivity index (χ3n) is 5.26. The van der Waals surface area contributed by atoms with Crippen molar-refractivity contribution in [3.05, 3.63) is 40.2 Å². The molecule has 2 heterocycles. The van der Waals surface area contributed by atoms with Gasteiger partial charge >= 0.3 is 0 Å². The molecule has 11 heteroatoms. The van der Waals surface area contributed by atoms with E-state index in [-0.39, 0.29) is 16.2 Å². The minimum absolute atomic E-state index is 0.115. The van der Waals surface area contributed by atoms with E-state index in [0.717, 1.165) is 16.9 Å². The average Bonchev–Trinajstić information content (AvgIpc) is 3.24. The molecule has 1 aliphatic rings. The summed E-state index contributed by atoms with van der Waals surface area (Å²) >= 11 is 6.93.